The van der Waals surface area contributed by atoms with Crippen molar-refractivity contribution in [1.82, 2.24) is 4.67 Å². The first-order valence-electron chi connectivity index (χ1n) is 4.17. The van der Waals surface area contributed by atoms with Gasteiger partial charge in [0.2, 0.25) is 0 Å². The van der Waals surface area contributed by atoms with Crippen molar-refractivity contribution in [1.29, 1.82) is 0 Å². The van der Waals surface area contributed by atoms with Crippen LogP contribution in [0, 0.1) is 12.1 Å². The molecular weight excluding hydrogens is 153 g/mol. The van der Waals surface area contributed by atoms with Crippen molar-refractivity contribution in [3.05, 3.63) is 0 Å². The number of nitrogens with zero attached hydrogens (tertiary/aromatic N) is 1. The molecule has 0 amide bonds. The molecule has 0 radical (unpaired) electrons. The van der Waals surface area contributed by atoms with Crippen molar-refractivity contribution >= 4 is 8.07 Å². The van der Waals surface area contributed by atoms with Crippen LogP contribution in [0.3, 0.4) is 0 Å². The lowest BCUT2D eigenvalue weighted by Gasteiger charge is -2.27. The summed E-state index contributed by atoms with van der Waals surface area (Å²) < 4.78 is 2.38. The van der Waals surface area contributed by atoms with Gasteiger partial charge in [-0.25, -0.2) is 0 Å². The second-order valence-electron chi connectivity index (χ2n) is 2.71. The third-order valence-corrected chi connectivity index (χ3v) is 4.07. The Morgan fingerprint density at radius 3 is 1.91 bits per heavy atom. The van der Waals surface area contributed by atoms with Gasteiger partial charge in [0, 0.05) is 21.2 Å². The molecule has 0 aliphatic carbocycles. The Morgan fingerprint density at radius 1 is 1.36 bits per heavy atom. The van der Waals surface area contributed by atoms with Gasteiger partial charge in [0.15, 0.2) is 0 Å². The van der Waals surface area contributed by atoms with Crippen molar-refractivity contribution in [2.24, 2.45) is 0 Å². The van der Waals surface area contributed by atoms with Crippen LogP contribution >= 0.6 is 8.07 Å². The van der Waals surface area contributed by atoms with Crippen molar-refractivity contribution < 1.29 is 0 Å². The van der Waals surface area contributed by atoms with Crippen LogP contribution < -0.4 is 0 Å². The lowest BCUT2D eigenvalue weighted by molar-refractivity contribution is 0.506. The first-order chi connectivity index (χ1) is 5.17. The summed E-state index contributed by atoms with van der Waals surface area (Å²) in [4.78, 5) is 0. The molecular formula is C9H18NP. The van der Waals surface area contributed by atoms with Gasteiger partial charge in [0.05, 0.1) is 0 Å². The van der Waals surface area contributed by atoms with Gasteiger partial charge in [-0.2, -0.15) is 0 Å². The van der Waals surface area contributed by atoms with Gasteiger partial charge in [-0.3, -0.25) is 4.67 Å². The smallest absolute Gasteiger partial charge is 0.0466 e. The predicted octanol–water partition coefficient (Wildman–Crippen LogP) is 2.72. The zero-order valence-corrected chi connectivity index (χ0v) is 8.86. The fraction of sp³-hybridized carbons (Fsp3) is 0.778. The quantitative estimate of drug-likeness (QED) is 0.464. The van der Waals surface area contributed by atoms with E-state index in [1.165, 1.54) is 0 Å². The molecule has 0 aliphatic heterocycles. The SMILES string of the molecule is C#CP(C(C)C)N(CC)CC. The van der Waals surface area contributed by atoms with E-state index >= 15 is 0 Å². The first kappa shape index (κ1) is 11.0. The van der Waals surface area contributed by atoms with Crippen LogP contribution in [0.2, 0.25) is 0 Å². The molecule has 64 valence electrons. The molecule has 0 aromatic carbocycles. The average Bonchev–Trinajstić information content (AvgIpc) is 1.99. The van der Waals surface area contributed by atoms with E-state index in [9.17, 15) is 0 Å². The first-order valence-corrected chi connectivity index (χ1v) is 5.54. The fourth-order valence-corrected chi connectivity index (χ4v) is 2.81. The van der Waals surface area contributed by atoms with E-state index in [2.05, 4.69) is 38.0 Å². The number of terminal acetylenes is 1. The maximum Gasteiger partial charge on any atom is 0.0466 e. The highest BCUT2D eigenvalue weighted by Gasteiger charge is 2.15. The van der Waals surface area contributed by atoms with E-state index in [1.807, 2.05) is 0 Å². The summed E-state index contributed by atoms with van der Waals surface area (Å²) >= 11 is 0. The minimum Gasteiger partial charge on any atom is -0.272 e. The average molecular weight is 171 g/mol. The third-order valence-electron chi connectivity index (χ3n) is 1.66. The molecule has 0 aromatic heterocycles. The van der Waals surface area contributed by atoms with Crippen LogP contribution in [0.15, 0.2) is 0 Å². The van der Waals surface area contributed by atoms with Gasteiger partial charge in [-0.05, 0) is 5.66 Å². The van der Waals surface area contributed by atoms with E-state index in [0.29, 0.717) is 5.66 Å². The molecule has 1 unspecified atom stereocenters. The number of rotatable bonds is 4. The number of hydrogen-bond donors (Lipinski definition) is 0. The Hall–Kier alpha value is -0.0500. The van der Waals surface area contributed by atoms with Crippen molar-refractivity contribution in [3.8, 4) is 12.1 Å². The molecule has 0 N–H and O–H groups in total. The standard InChI is InChI=1S/C9H18NP/c1-6-10(7-2)11(8-3)9(4)5/h3,9H,6-7H2,1-2,4-5H3. The van der Waals surface area contributed by atoms with E-state index in [1.54, 1.807) is 0 Å². The van der Waals surface area contributed by atoms with Gasteiger partial charge in [0.1, 0.15) is 0 Å². The number of hydrogen-bond acceptors (Lipinski definition) is 1. The van der Waals surface area contributed by atoms with Crippen LogP contribution in [-0.4, -0.2) is 23.4 Å². The van der Waals surface area contributed by atoms with Crippen LogP contribution in [0.1, 0.15) is 27.7 Å². The highest BCUT2D eigenvalue weighted by Crippen LogP contribution is 2.42. The molecule has 0 saturated carbocycles. The molecule has 2 heteroatoms. The minimum atomic E-state index is -0.320. The van der Waals surface area contributed by atoms with Gasteiger partial charge >= 0.3 is 0 Å². The summed E-state index contributed by atoms with van der Waals surface area (Å²) in [6, 6.07) is 0. The highest BCUT2D eigenvalue weighted by atomic mass is 31.1. The summed E-state index contributed by atoms with van der Waals surface area (Å²) in [5, 5.41) is 0. The molecule has 0 spiro atoms. The molecule has 0 bridgehead atoms. The summed E-state index contributed by atoms with van der Waals surface area (Å²) in [6.45, 7) is 10.9. The van der Waals surface area contributed by atoms with E-state index in [0.717, 1.165) is 13.1 Å². The molecule has 0 saturated heterocycles. The van der Waals surface area contributed by atoms with Gasteiger partial charge < -0.3 is 0 Å². The van der Waals surface area contributed by atoms with Crippen molar-refractivity contribution in [2.45, 2.75) is 33.4 Å². The van der Waals surface area contributed by atoms with E-state index < -0.39 is 0 Å². The maximum absolute atomic E-state index is 5.46. The Morgan fingerprint density at radius 2 is 1.82 bits per heavy atom. The summed E-state index contributed by atoms with van der Waals surface area (Å²) in [5.41, 5.74) is 3.51. The lowest BCUT2D eigenvalue weighted by Crippen LogP contribution is -2.19. The van der Waals surface area contributed by atoms with E-state index in [-0.39, 0.29) is 8.07 Å². The van der Waals surface area contributed by atoms with Crippen LogP contribution in [0.25, 0.3) is 0 Å². The molecule has 0 rings (SSSR count). The molecule has 0 aromatic rings. The van der Waals surface area contributed by atoms with Crippen LogP contribution in [0.4, 0.5) is 0 Å². The highest BCUT2D eigenvalue weighted by molar-refractivity contribution is 7.61. The van der Waals surface area contributed by atoms with Gasteiger partial charge in [0.25, 0.3) is 0 Å². The Labute approximate surface area is 72.0 Å². The molecule has 11 heavy (non-hydrogen) atoms. The fourth-order valence-electron chi connectivity index (χ4n) is 1.09. The van der Waals surface area contributed by atoms with Crippen LogP contribution in [0.5, 0.6) is 0 Å². The van der Waals surface area contributed by atoms with Gasteiger partial charge in [-0.1, -0.05) is 33.4 Å². The topological polar surface area (TPSA) is 3.24 Å². The summed E-state index contributed by atoms with van der Waals surface area (Å²) in [7, 11) is -0.320. The molecule has 0 fully saturated rings. The Bertz CT molecular complexity index is 133. The molecule has 0 heterocycles. The zero-order valence-electron chi connectivity index (χ0n) is 7.96. The summed E-state index contributed by atoms with van der Waals surface area (Å²) in [5.74, 6) is 0. The Kier molecular flexibility index (Phi) is 5.56. The maximum atomic E-state index is 5.46. The zero-order chi connectivity index (χ0) is 8.85. The van der Waals surface area contributed by atoms with Crippen molar-refractivity contribution in [3.63, 3.8) is 0 Å². The lowest BCUT2D eigenvalue weighted by atomic mass is 10.6. The van der Waals surface area contributed by atoms with Crippen LogP contribution in [-0.2, 0) is 0 Å². The second-order valence-corrected chi connectivity index (χ2v) is 5.25. The minimum absolute atomic E-state index is 0.320. The molecule has 0 aliphatic rings. The van der Waals surface area contributed by atoms with E-state index in [4.69, 9.17) is 6.42 Å². The van der Waals surface area contributed by atoms with Gasteiger partial charge in [-0.15, -0.1) is 6.42 Å². The predicted molar refractivity (Wildman–Crippen MR) is 53.8 cm³/mol. The molecule has 1 atom stereocenters. The third kappa shape index (κ3) is 3.23. The molecule has 1 nitrogen and oxygen atoms in total. The normalized spacial score (nSPS) is 13.5. The largest absolute Gasteiger partial charge is 0.272 e. The van der Waals surface area contributed by atoms with Crippen molar-refractivity contribution in [2.75, 3.05) is 13.1 Å². The summed E-state index contributed by atoms with van der Waals surface area (Å²) in [6.07, 6.45) is 5.46. The monoisotopic (exact) mass is 171 g/mol. The Balaban J connectivity index is 4.12. The second kappa shape index (κ2) is 5.58.